The zero-order valence-electron chi connectivity index (χ0n) is 21.0. The van der Waals surface area contributed by atoms with Crippen LogP contribution in [0, 0.1) is 28.9 Å². The average molecular weight is 512 g/mol. The van der Waals surface area contributed by atoms with E-state index in [-0.39, 0.29) is 29.3 Å². The molecule has 2 aromatic carbocycles. The quantitative estimate of drug-likeness (QED) is 0.386. The maximum Gasteiger partial charge on any atom is 0.252 e. The maximum absolute atomic E-state index is 13.8. The molecule has 0 radical (unpaired) electrons. The van der Waals surface area contributed by atoms with E-state index >= 15 is 0 Å². The number of hydrogen-bond acceptors (Lipinski definition) is 5. The maximum atomic E-state index is 13.8. The molecule has 4 aromatic rings. The van der Waals surface area contributed by atoms with E-state index in [2.05, 4.69) is 20.9 Å². The molecule has 2 aliphatic rings. The lowest BCUT2D eigenvalue weighted by Crippen LogP contribution is -2.55. The first-order valence-corrected chi connectivity index (χ1v) is 12.9. The van der Waals surface area contributed by atoms with Crippen LogP contribution in [-0.2, 0) is 7.05 Å². The topological polar surface area (TPSA) is 65.2 Å². The number of benzene rings is 2. The number of nitriles is 1. The molecule has 6 nitrogen and oxygen atoms in total. The van der Waals surface area contributed by atoms with Crippen molar-refractivity contribution in [3.63, 3.8) is 0 Å². The van der Waals surface area contributed by atoms with E-state index in [1.165, 1.54) is 24.3 Å². The van der Waals surface area contributed by atoms with E-state index in [0.29, 0.717) is 35.7 Å². The Balaban J connectivity index is 1.40. The zero-order valence-corrected chi connectivity index (χ0v) is 21.0. The minimum Gasteiger partial charge on any atom is -0.364 e. The Bertz CT molecular complexity index is 1540. The summed E-state index contributed by atoms with van der Waals surface area (Å²) in [7, 11) is 1.72. The molecule has 1 atom stereocenters. The van der Waals surface area contributed by atoms with Gasteiger partial charge >= 0.3 is 0 Å². The van der Waals surface area contributed by atoms with Crippen LogP contribution in [0.5, 0.6) is 0 Å². The first-order valence-electron chi connectivity index (χ1n) is 12.9. The molecule has 1 unspecified atom stereocenters. The molecule has 2 fully saturated rings. The Morgan fingerprint density at radius 2 is 1.58 bits per heavy atom. The second kappa shape index (κ2) is 9.66. The van der Waals surface area contributed by atoms with Crippen LogP contribution >= 0.6 is 0 Å². The number of fused-ring (bicyclic) bond motifs is 1. The van der Waals surface area contributed by atoms with Crippen molar-refractivity contribution in [3.8, 4) is 6.07 Å². The predicted molar refractivity (Wildman–Crippen MR) is 142 cm³/mol. The highest BCUT2D eigenvalue weighted by molar-refractivity contribution is 5.89. The summed E-state index contributed by atoms with van der Waals surface area (Å²) >= 11 is 0. The van der Waals surface area contributed by atoms with Crippen molar-refractivity contribution in [2.24, 2.45) is 13.0 Å². The number of piperazine rings is 1. The van der Waals surface area contributed by atoms with Crippen molar-refractivity contribution in [2.75, 3.05) is 24.5 Å². The lowest BCUT2D eigenvalue weighted by molar-refractivity contribution is 0.175. The van der Waals surface area contributed by atoms with E-state index in [4.69, 9.17) is 0 Å². The number of aryl methyl sites for hydroxylation is 1. The Labute approximate surface area is 219 Å². The Kier molecular flexibility index (Phi) is 6.16. The molecular formula is C30H27F2N5O. The van der Waals surface area contributed by atoms with Gasteiger partial charge in [-0.25, -0.2) is 13.8 Å². The van der Waals surface area contributed by atoms with E-state index in [0.717, 1.165) is 36.2 Å². The molecule has 38 heavy (non-hydrogen) atoms. The number of aromatic nitrogens is 2. The molecule has 1 saturated heterocycles. The minimum atomic E-state index is -0.297. The summed E-state index contributed by atoms with van der Waals surface area (Å²) in [6.07, 6.45) is 2.21. The van der Waals surface area contributed by atoms with E-state index in [1.54, 1.807) is 54.1 Å². The summed E-state index contributed by atoms with van der Waals surface area (Å²) in [4.78, 5) is 22.2. The highest BCUT2D eigenvalue weighted by Crippen LogP contribution is 2.42. The van der Waals surface area contributed by atoms with Gasteiger partial charge in [-0.3, -0.25) is 9.69 Å². The van der Waals surface area contributed by atoms with Crippen molar-refractivity contribution < 1.29 is 8.78 Å². The van der Waals surface area contributed by atoms with Gasteiger partial charge in [-0.15, -0.1) is 0 Å². The van der Waals surface area contributed by atoms with Gasteiger partial charge in [-0.05, 0) is 66.3 Å². The van der Waals surface area contributed by atoms with Crippen LogP contribution in [0.1, 0.15) is 35.7 Å². The largest absolute Gasteiger partial charge is 0.364 e. The molecule has 0 bridgehead atoms. The molecule has 2 aromatic heterocycles. The van der Waals surface area contributed by atoms with Crippen LogP contribution in [0.4, 0.5) is 14.5 Å². The van der Waals surface area contributed by atoms with Crippen LogP contribution < -0.4 is 10.5 Å². The second-order valence-electron chi connectivity index (χ2n) is 10.2. The number of pyridine rings is 2. The van der Waals surface area contributed by atoms with Crippen LogP contribution in [-0.4, -0.2) is 40.1 Å². The van der Waals surface area contributed by atoms with Gasteiger partial charge in [0.25, 0.3) is 5.56 Å². The standard InChI is InChI=1S/C30H27F2N5O/c1-35-25-13-12-24(17-33)34-29(25)26(16-28(35)38)37-15-14-36(18-27(37)19-2-3-19)30(20-4-8-22(31)9-5-20)21-6-10-23(32)11-7-21/h4-13,16,19,27,30H,2-3,14-15,18H2,1H3. The third kappa shape index (κ3) is 4.44. The van der Waals surface area contributed by atoms with Gasteiger partial charge in [0.15, 0.2) is 0 Å². The van der Waals surface area contributed by atoms with Crippen molar-refractivity contribution in [1.29, 1.82) is 5.26 Å². The van der Waals surface area contributed by atoms with Crippen LogP contribution in [0.2, 0.25) is 0 Å². The normalized spacial score (nSPS) is 18.2. The number of anilines is 1. The lowest BCUT2D eigenvalue weighted by atomic mass is 9.94. The summed E-state index contributed by atoms with van der Waals surface area (Å²) in [6, 6.07) is 20.2. The van der Waals surface area contributed by atoms with Crippen molar-refractivity contribution in [2.45, 2.75) is 24.9 Å². The first-order chi connectivity index (χ1) is 18.4. The van der Waals surface area contributed by atoms with Crippen molar-refractivity contribution in [1.82, 2.24) is 14.5 Å². The number of nitrogens with zero attached hydrogens (tertiary/aromatic N) is 5. The van der Waals surface area contributed by atoms with Gasteiger partial charge in [0.2, 0.25) is 0 Å². The highest BCUT2D eigenvalue weighted by atomic mass is 19.1. The second-order valence-corrected chi connectivity index (χ2v) is 10.2. The monoisotopic (exact) mass is 511 g/mol. The van der Waals surface area contributed by atoms with E-state index < -0.39 is 0 Å². The fourth-order valence-corrected chi connectivity index (χ4v) is 5.75. The summed E-state index contributed by atoms with van der Waals surface area (Å²) in [5, 5.41) is 9.47. The Morgan fingerprint density at radius 3 is 2.16 bits per heavy atom. The van der Waals surface area contributed by atoms with Crippen molar-refractivity contribution in [3.05, 3.63) is 106 Å². The number of hydrogen-bond donors (Lipinski definition) is 0. The minimum absolute atomic E-state index is 0.119. The molecule has 1 aliphatic heterocycles. The highest BCUT2D eigenvalue weighted by Gasteiger charge is 2.41. The smallest absolute Gasteiger partial charge is 0.252 e. The molecule has 1 aliphatic carbocycles. The summed E-state index contributed by atoms with van der Waals surface area (Å²) < 4.78 is 29.1. The van der Waals surface area contributed by atoms with Gasteiger partial charge < -0.3 is 9.47 Å². The van der Waals surface area contributed by atoms with Crippen LogP contribution in [0.25, 0.3) is 11.0 Å². The SMILES string of the molecule is Cn1c(=O)cc(N2CCN(C(c3ccc(F)cc3)c3ccc(F)cc3)CC2C2CC2)c2nc(C#N)ccc21. The molecule has 3 heterocycles. The summed E-state index contributed by atoms with van der Waals surface area (Å²) in [5.74, 6) is -0.124. The van der Waals surface area contributed by atoms with Gasteiger partial charge in [0.1, 0.15) is 28.9 Å². The molecule has 0 amide bonds. The zero-order chi connectivity index (χ0) is 26.4. The summed E-state index contributed by atoms with van der Waals surface area (Å²) in [6.45, 7) is 2.05. The summed E-state index contributed by atoms with van der Waals surface area (Å²) in [5.41, 5.74) is 4.19. The molecule has 6 rings (SSSR count). The van der Waals surface area contributed by atoms with E-state index in [1.807, 2.05) is 0 Å². The van der Waals surface area contributed by atoms with Crippen LogP contribution in [0.15, 0.2) is 71.5 Å². The first kappa shape index (κ1) is 24.3. The molecule has 0 N–H and O–H groups in total. The van der Waals surface area contributed by atoms with Gasteiger partial charge in [-0.2, -0.15) is 5.26 Å². The fourth-order valence-electron chi connectivity index (χ4n) is 5.75. The Hall–Kier alpha value is -4.09. The number of halogens is 2. The average Bonchev–Trinajstić information content (AvgIpc) is 3.78. The number of rotatable bonds is 5. The molecule has 192 valence electrons. The molecular weight excluding hydrogens is 484 g/mol. The molecule has 0 spiro atoms. The lowest BCUT2D eigenvalue weighted by Gasteiger charge is -2.46. The van der Waals surface area contributed by atoms with Crippen LogP contribution in [0.3, 0.4) is 0 Å². The predicted octanol–water partition coefficient (Wildman–Crippen LogP) is 4.77. The molecule has 1 saturated carbocycles. The van der Waals surface area contributed by atoms with Crippen molar-refractivity contribution >= 4 is 16.7 Å². The fraction of sp³-hybridized carbons (Fsp3) is 0.300. The van der Waals surface area contributed by atoms with Gasteiger partial charge in [0.05, 0.1) is 17.2 Å². The molecule has 8 heteroatoms. The third-order valence-corrected chi connectivity index (χ3v) is 7.85. The van der Waals surface area contributed by atoms with E-state index in [9.17, 15) is 18.8 Å². The van der Waals surface area contributed by atoms with Gasteiger partial charge in [0, 0.05) is 38.8 Å². The van der Waals surface area contributed by atoms with Gasteiger partial charge in [-0.1, -0.05) is 24.3 Å². The Morgan fingerprint density at radius 1 is 0.947 bits per heavy atom. The third-order valence-electron chi connectivity index (χ3n) is 7.85.